The van der Waals surface area contributed by atoms with E-state index < -0.39 is 0 Å². The molecular formula is C23H27BrClN3O2. The van der Waals surface area contributed by atoms with Gasteiger partial charge in [0.15, 0.2) is 0 Å². The topological polar surface area (TPSA) is 61.4 Å². The maximum atomic E-state index is 12.4. The zero-order valence-electron chi connectivity index (χ0n) is 16.8. The van der Waals surface area contributed by atoms with Crippen molar-refractivity contribution in [3.8, 4) is 0 Å². The van der Waals surface area contributed by atoms with Crippen molar-refractivity contribution in [2.24, 2.45) is 5.92 Å². The molecule has 4 atom stereocenters. The molecule has 2 heterocycles. The third kappa shape index (κ3) is 5.34. The molecular weight excluding hydrogens is 466 g/mol. The van der Waals surface area contributed by atoms with E-state index in [1.165, 1.54) is 12.8 Å². The Balaban J connectivity index is 1.23. The molecule has 1 aromatic carbocycles. The molecule has 30 heavy (non-hydrogen) atoms. The normalized spacial score (nSPS) is 28.1. The van der Waals surface area contributed by atoms with Crippen LogP contribution < -0.4 is 10.6 Å². The standard InChI is InChI=1S/C23H27BrClN3O2/c24-17-3-1-2-16(10-17)23(30)26-13-22(29)27-19-11-20-8-9-21(12-19)28(20)14-15-4-6-18(25)7-5-15/h1-4,6-7,10,15,19-21H,5,8-9,11-14H2,(H,26,30)(H,27,29)/t15?,19?,20-,21+. The lowest BCUT2D eigenvalue weighted by atomic mass is 9.93. The van der Waals surface area contributed by atoms with E-state index in [1.54, 1.807) is 18.2 Å². The molecule has 1 aromatic rings. The Hall–Kier alpha value is -1.63. The monoisotopic (exact) mass is 491 g/mol. The van der Waals surface area contributed by atoms with Crippen molar-refractivity contribution < 1.29 is 9.59 Å². The van der Waals surface area contributed by atoms with Gasteiger partial charge >= 0.3 is 0 Å². The van der Waals surface area contributed by atoms with E-state index in [1.807, 2.05) is 12.1 Å². The summed E-state index contributed by atoms with van der Waals surface area (Å²) >= 11 is 9.40. The first kappa shape index (κ1) is 21.6. The maximum absolute atomic E-state index is 12.4. The van der Waals surface area contributed by atoms with E-state index in [9.17, 15) is 9.59 Å². The molecule has 0 spiro atoms. The Morgan fingerprint density at radius 2 is 1.97 bits per heavy atom. The first-order valence-electron chi connectivity index (χ1n) is 10.6. The highest BCUT2D eigenvalue weighted by atomic mass is 79.9. The summed E-state index contributed by atoms with van der Waals surface area (Å²) in [4.78, 5) is 27.3. The van der Waals surface area contributed by atoms with E-state index in [-0.39, 0.29) is 24.4 Å². The molecule has 5 nitrogen and oxygen atoms in total. The lowest BCUT2D eigenvalue weighted by Crippen LogP contribution is -2.52. The van der Waals surface area contributed by atoms with Crippen LogP contribution in [0.3, 0.4) is 0 Å². The number of nitrogens with one attached hydrogen (secondary N) is 2. The number of hydrogen-bond donors (Lipinski definition) is 2. The number of allylic oxidation sites excluding steroid dienone is 3. The van der Waals surface area contributed by atoms with Gasteiger partial charge in [0.2, 0.25) is 5.91 Å². The number of rotatable bonds is 6. The first-order valence-corrected chi connectivity index (χ1v) is 11.8. The smallest absolute Gasteiger partial charge is 0.251 e. The van der Waals surface area contributed by atoms with Gasteiger partial charge in [0.25, 0.3) is 5.91 Å². The number of hydrogen-bond acceptors (Lipinski definition) is 3. The lowest BCUT2D eigenvalue weighted by Gasteiger charge is -2.40. The summed E-state index contributed by atoms with van der Waals surface area (Å²) in [6.07, 6.45) is 11.7. The predicted molar refractivity (Wildman–Crippen MR) is 122 cm³/mol. The molecule has 2 saturated heterocycles. The average Bonchev–Trinajstić information content (AvgIpc) is 2.95. The molecule has 2 aliphatic heterocycles. The molecule has 0 saturated carbocycles. The molecule has 1 aliphatic carbocycles. The van der Waals surface area contributed by atoms with Crippen molar-refractivity contribution in [3.63, 3.8) is 0 Å². The number of piperidine rings is 1. The second kappa shape index (κ2) is 9.67. The third-order valence-corrected chi connectivity index (χ3v) is 7.11. The van der Waals surface area contributed by atoms with Gasteiger partial charge in [0, 0.05) is 39.7 Å². The number of halogens is 2. The lowest BCUT2D eigenvalue weighted by molar-refractivity contribution is -0.121. The summed E-state index contributed by atoms with van der Waals surface area (Å²) < 4.78 is 0.838. The Bertz CT molecular complexity index is 858. The third-order valence-electron chi connectivity index (χ3n) is 6.33. The second-order valence-corrected chi connectivity index (χ2v) is 9.81. The van der Waals surface area contributed by atoms with Crippen molar-refractivity contribution >= 4 is 39.3 Å². The van der Waals surface area contributed by atoms with Crippen molar-refractivity contribution in [2.75, 3.05) is 13.1 Å². The van der Waals surface area contributed by atoms with Gasteiger partial charge in [-0.25, -0.2) is 0 Å². The number of amides is 2. The summed E-state index contributed by atoms with van der Waals surface area (Å²) in [5.41, 5.74) is 0.538. The number of nitrogens with zero attached hydrogens (tertiary/aromatic N) is 1. The highest BCUT2D eigenvalue weighted by molar-refractivity contribution is 9.10. The van der Waals surface area contributed by atoms with E-state index in [0.29, 0.717) is 23.6 Å². The van der Waals surface area contributed by atoms with Crippen LogP contribution in [0.15, 0.2) is 52.0 Å². The fourth-order valence-corrected chi connectivity index (χ4v) is 5.47. The number of carbonyl (C=O) groups is 2. The van der Waals surface area contributed by atoms with Crippen LogP contribution in [0.25, 0.3) is 0 Å². The van der Waals surface area contributed by atoms with E-state index in [2.05, 4.69) is 43.6 Å². The fraction of sp³-hybridized carbons (Fsp3) is 0.478. The van der Waals surface area contributed by atoms with Crippen molar-refractivity contribution in [1.82, 2.24) is 15.5 Å². The largest absolute Gasteiger partial charge is 0.352 e. The van der Waals surface area contributed by atoms with Gasteiger partial charge in [-0.3, -0.25) is 14.5 Å². The molecule has 2 N–H and O–H groups in total. The van der Waals surface area contributed by atoms with Gasteiger partial charge in [-0.2, -0.15) is 0 Å². The molecule has 3 aliphatic rings. The minimum atomic E-state index is -0.240. The molecule has 0 radical (unpaired) electrons. The van der Waals surface area contributed by atoms with Crippen LogP contribution in [-0.2, 0) is 4.79 Å². The summed E-state index contributed by atoms with van der Waals surface area (Å²) in [5.74, 6) is 0.164. The van der Waals surface area contributed by atoms with E-state index in [0.717, 1.165) is 35.3 Å². The molecule has 0 aromatic heterocycles. The highest BCUT2D eigenvalue weighted by Crippen LogP contribution is 2.37. The zero-order chi connectivity index (χ0) is 21.1. The van der Waals surface area contributed by atoms with Gasteiger partial charge in [-0.1, -0.05) is 45.7 Å². The highest BCUT2D eigenvalue weighted by Gasteiger charge is 2.41. The van der Waals surface area contributed by atoms with Gasteiger partial charge in [-0.15, -0.1) is 0 Å². The summed E-state index contributed by atoms with van der Waals surface area (Å²) in [7, 11) is 0. The number of fused-ring (bicyclic) bond motifs is 2. The van der Waals surface area contributed by atoms with Crippen molar-refractivity contribution in [1.29, 1.82) is 0 Å². The molecule has 7 heteroatoms. The Labute approximate surface area is 191 Å². The summed E-state index contributed by atoms with van der Waals surface area (Å²) in [6.45, 7) is 1.07. The molecule has 2 bridgehead atoms. The van der Waals surface area contributed by atoms with Crippen LogP contribution in [0.4, 0.5) is 0 Å². The SMILES string of the molecule is O=C(CNC(=O)c1cccc(Br)c1)NC1C[C@H]2CC[C@@H](C1)N2CC1C=CC(Cl)=CC1. The Morgan fingerprint density at radius 3 is 2.63 bits per heavy atom. The fourth-order valence-electron chi connectivity index (χ4n) is 4.91. The minimum absolute atomic E-state index is 0.000850. The second-order valence-electron chi connectivity index (χ2n) is 8.45. The molecule has 2 unspecified atom stereocenters. The van der Waals surface area contributed by atoms with Crippen molar-refractivity contribution in [2.45, 2.75) is 50.2 Å². The van der Waals surface area contributed by atoms with Crippen LogP contribution in [-0.4, -0.2) is 47.9 Å². The van der Waals surface area contributed by atoms with Crippen LogP contribution in [0.2, 0.25) is 0 Å². The predicted octanol–water partition coefficient (Wildman–Crippen LogP) is 3.99. The minimum Gasteiger partial charge on any atom is -0.352 e. The summed E-state index contributed by atoms with van der Waals surface area (Å²) in [5, 5.41) is 6.69. The zero-order valence-corrected chi connectivity index (χ0v) is 19.2. The Kier molecular flexibility index (Phi) is 6.96. The van der Waals surface area contributed by atoms with Crippen LogP contribution >= 0.6 is 27.5 Å². The quantitative estimate of drug-likeness (QED) is 0.631. The molecule has 2 amide bonds. The molecule has 2 fully saturated rings. The van der Waals surface area contributed by atoms with Gasteiger partial charge in [0.1, 0.15) is 0 Å². The van der Waals surface area contributed by atoms with Gasteiger partial charge < -0.3 is 10.6 Å². The summed E-state index contributed by atoms with van der Waals surface area (Å²) in [6, 6.07) is 8.38. The molecule has 4 rings (SSSR count). The van der Waals surface area contributed by atoms with Crippen LogP contribution in [0.5, 0.6) is 0 Å². The van der Waals surface area contributed by atoms with E-state index >= 15 is 0 Å². The first-order chi connectivity index (χ1) is 14.5. The van der Waals surface area contributed by atoms with E-state index in [4.69, 9.17) is 11.6 Å². The average molecular weight is 493 g/mol. The van der Waals surface area contributed by atoms with Crippen LogP contribution in [0, 0.1) is 5.92 Å². The van der Waals surface area contributed by atoms with Gasteiger partial charge in [0.05, 0.1) is 6.54 Å². The molecule has 160 valence electrons. The Morgan fingerprint density at radius 1 is 1.20 bits per heavy atom. The number of benzene rings is 1. The van der Waals surface area contributed by atoms with Crippen LogP contribution in [0.1, 0.15) is 42.5 Å². The van der Waals surface area contributed by atoms with Gasteiger partial charge in [-0.05, 0) is 62.3 Å². The maximum Gasteiger partial charge on any atom is 0.251 e. The number of carbonyl (C=O) groups excluding carboxylic acids is 2. The van der Waals surface area contributed by atoms with Crippen molar-refractivity contribution in [3.05, 3.63) is 57.6 Å².